The average Bonchev–Trinajstić information content (AvgIpc) is 3.13. The van der Waals surface area contributed by atoms with Crippen LogP contribution in [0.15, 0.2) is 0 Å². The van der Waals surface area contributed by atoms with Crippen LogP contribution in [-0.4, -0.2) is 48.0 Å². The van der Waals surface area contributed by atoms with Gasteiger partial charge in [-0.2, -0.15) is 0 Å². The van der Waals surface area contributed by atoms with Gasteiger partial charge in [-0.1, -0.05) is 0 Å². The number of nitrogens with one attached hydrogen (secondary N) is 1. The van der Waals surface area contributed by atoms with Crippen LogP contribution in [0.1, 0.15) is 40.9 Å². The lowest BCUT2D eigenvalue weighted by molar-refractivity contribution is 0.0572. The van der Waals surface area contributed by atoms with Gasteiger partial charge in [-0.25, -0.2) is 0 Å². The third-order valence-electron chi connectivity index (χ3n) is 4.04. The molecule has 2 atom stereocenters. The van der Waals surface area contributed by atoms with E-state index in [1.807, 2.05) is 11.8 Å². The fraction of sp³-hybridized carbons (Fsp3) is 0.643. The smallest absolute Gasteiger partial charge is 0.263 e. The van der Waals surface area contributed by atoms with Crippen molar-refractivity contribution in [3.05, 3.63) is 10.4 Å². The lowest BCUT2D eigenvalue weighted by Gasteiger charge is -2.17. The summed E-state index contributed by atoms with van der Waals surface area (Å²) in [5.74, 6) is 0.266. The van der Waals surface area contributed by atoms with E-state index in [0.717, 1.165) is 23.4 Å². The molecule has 6 nitrogen and oxygen atoms in total. The molecule has 2 aliphatic rings. The van der Waals surface area contributed by atoms with Crippen LogP contribution in [0.25, 0.3) is 0 Å². The van der Waals surface area contributed by atoms with Crippen molar-refractivity contribution in [3.8, 4) is 0 Å². The number of β-amino-alcohol motifs (C(OH)–C–C–N with tert-alkyl or cyclic N) is 2. The molecular weight excluding hydrogens is 290 g/mol. The number of anilines is 2. The van der Waals surface area contributed by atoms with E-state index in [0.29, 0.717) is 36.1 Å². The quantitative estimate of drug-likeness (QED) is 0.649. The molecule has 0 bridgehead atoms. The number of nitrogens with zero attached hydrogens (tertiary/aromatic N) is 1. The van der Waals surface area contributed by atoms with Crippen LogP contribution in [0.2, 0.25) is 0 Å². The molecule has 116 valence electrons. The van der Waals surface area contributed by atoms with E-state index in [-0.39, 0.29) is 5.91 Å². The Morgan fingerprint density at radius 3 is 2.52 bits per heavy atom. The summed E-state index contributed by atoms with van der Waals surface area (Å²) in [7, 11) is 0. The van der Waals surface area contributed by atoms with Crippen molar-refractivity contribution in [1.29, 1.82) is 0 Å². The summed E-state index contributed by atoms with van der Waals surface area (Å²) in [5.41, 5.74) is 7.81. The first-order chi connectivity index (χ1) is 10.0. The Bertz CT molecular complexity index is 546. The summed E-state index contributed by atoms with van der Waals surface area (Å²) in [4.78, 5) is 14.6. The second-order valence-electron chi connectivity index (χ2n) is 5.74. The normalized spacial score (nSPS) is 25.4. The number of nitrogens with two attached hydrogens (primary N) is 1. The molecule has 1 aromatic rings. The molecule has 1 saturated heterocycles. The SMILES string of the molecule is CCNC(=O)c1sc(N2CC(O)C(O)C2)c(C2CC2)c1N. The minimum absolute atomic E-state index is 0.145. The van der Waals surface area contributed by atoms with Gasteiger partial charge in [-0.15, -0.1) is 11.3 Å². The van der Waals surface area contributed by atoms with Gasteiger partial charge >= 0.3 is 0 Å². The van der Waals surface area contributed by atoms with E-state index in [2.05, 4.69) is 5.32 Å². The van der Waals surface area contributed by atoms with E-state index in [1.165, 1.54) is 11.3 Å². The van der Waals surface area contributed by atoms with Crippen LogP contribution in [0.5, 0.6) is 0 Å². The van der Waals surface area contributed by atoms with Crippen LogP contribution in [0, 0.1) is 0 Å². The zero-order valence-electron chi connectivity index (χ0n) is 12.0. The first kappa shape index (κ1) is 14.6. The zero-order valence-corrected chi connectivity index (χ0v) is 12.8. The Labute approximate surface area is 127 Å². The molecular formula is C14H21N3O3S. The third-order valence-corrected chi connectivity index (χ3v) is 5.32. The predicted octanol–water partition coefficient (Wildman–Crippen LogP) is 0.499. The maximum atomic E-state index is 12.1. The molecule has 0 aromatic carbocycles. The summed E-state index contributed by atoms with van der Waals surface area (Å²) in [6.07, 6.45) is 0.685. The highest BCUT2D eigenvalue weighted by molar-refractivity contribution is 7.18. The number of aliphatic hydroxyl groups is 2. The molecule has 3 rings (SSSR count). The van der Waals surface area contributed by atoms with E-state index < -0.39 is 12.2 Å². The molecule has 2 heterocycles. The van der Waals surface area contributed by atoms with Crippen molar-refractivity contribution in [2.45, 2.75) is 37.9 Å². The third kappa shape index (κ3) is 2.61. The number of aliphatic hydroxyl groups excluding tert-OH is 2. The number of thiophene rings is 1. The van der Waals surface area contributed by atoms with Gasteiger partial charge in [0, 0.05) is 25.2 Å². The first-order valence-corrected chi connectivity index (χ1v) is 8.16. The maximum Gasteiger partial charge on any atom is 0.263 e. The maximum absolute atomic E-state index is 12.1. The minimum Gasteiger partial charge on any atom is -0.397 e. The summed E-state index contributed by atoms with van der Waals surface area (Å²) in [5, 5.41) is 23.2. The average molecular weight is 311 g/mol. The standard InChI is InChI=1S/C14H21N3O3S/c1-2-16-13(20)12-11(15)10(7-3-4-7)14(21-12)17-5-8(18)9(19)6-17/h7-9,18-19H,2-6,15H2,1H3,(H,16,20). The van der Waals surface area contributed by atoms with Gasteiger partial charge in [-0.3, -0.25) is 4.79 Å². The molecule has 2 fully saturated rings. The second kappa shape index (κ2) is 5.47. The molecule has 1 aliphatic carbocycles. The molecule has 0 radical (unpaired) electrons. The topological polar surface area (TPSA) is 98.8 Å². The van der Waals surface area contributed by atoms with E-state index >= 15 is 0 Å². The molecule has 1 aromatic heterocycles. The highest BCUT2D eigenvalue weighted by atomic mass is 32.1. The minimum atomic E-state index is -0.742. The Kier molecular flexibility index (Phi) is 3.81. The molecule has 21 heavy (non-hydrogen) atoms. The Morgan fingerprint density at radius 1 is 1.38 bits per heavy atom. The number of nitrogen functional groups attached to an aromatic ring is 1. The number of rotatable bonds is 4. The van der Waals surface area contributed by atoms with Crippen LogP contribution in [0.3, 0.4) is 0 Å². The summed E-state index contributed by atoms with van der Waals surface area (Å²) < 4.78 is 0. The molecule has 1 aliphatic heterocycles. The van der Waals surface area contributed by atoms with Gasteiger partial charge in [0.15, 0.2) is 0 Å². The van der Waals surface area contributed by atoms with Crippen molar-refractivity contribution in [2.24, 2.45) is 0 Å². The fourth-order valence-corrected chi connectivity index (χ4v) is 4.03. The van der Waals surface area contributed by atoms with Crippen molar-refractivity contribution < 1.29 is 15.0 Å². The number of amides is 1. The van der Waals surface area contributed by atoms with Crippen LogP contribution in [0.4, 0.5) is 10.7 Å². The number of carbonyl (C=O) groups is 1. The van der Waals surface area contributed by atoms with Crippen molar-refractivity contribution in [2.75, 3.05) is 30.3 Å². The Morgan fingerprint density at radius 2 is 2.00 bits per heavy atom. The summed E-state index contributed by atoms with van der Waals surface area (Å²) in [6.45, 7) is 3.20. The van der Waals surface area contributed by atoms with Crippen molar-refractivity contribution >= 4 is 27.9 Å². The van der Waals surface area contributed by atoms with Crippen LogP contribution in [-0.2, 0) is 0 Å². The van der Waals surface area contributed by atoms with E-state index in [1.54, 1.807) is 0 Å². The van der Waals surface area contributed by atoms with Gasteiger partial charge in [0.05, 0.1) is 22.9 Å². The number of hydrogen-bond acceptors (Lipinski definition) is 6. The Balaban J connectivity index is 1.95. The summed E-state index contributed by atoms with van der Waals surface area (Å²) in [6, 6.07) is 0. The van der Waals surface area contributed by atoms with Gasteiger partial charge < -0.3 is 26.2 Å². The molecule has 0 spiro atoms. The largest absolute Gasteiger partial charge is 0.397 e. The molecule has 7 heteroatoms. The summed E-state index contributed by atoms with van der Waals surface area (Å²) >= 11 is 1.37. The van der Waals surface area contributed by atoms with Crippen LogP contribution >= 0.6 is 11.3 Å². The van der Waals surface area contributed by atoms with E-state index in [4.69, 9.17) is 5.73 Å². The highest BCUT2D eigenvalue weighted by Gasteiger charge is 2.38. The number of hydrogen-bond donors (Lipinski definition) is 4. The lowest BCUT2D eigenvalue weighted by Crippen LogP contribution is -2.22. The van der Waals surface area contributed by atoms with E-state index in [9.17, 15) is 15.0 Å². The van der Waals surface area contributed by atoms with Crippen molar-refractivity contribution in [3.63, 3.8) is 0 Å². The molecule has 5 N–H and O–H groups in total. The van der Waals surface area contributed by atoms with Gasteiger partial charge in [-0.05, 0) is 25.7 Å². The van der Waals surface area contributed by atoms with Gasteiger partial charge in [0.2, 0.25) is 0 Å². The van der Waals surface area contributed by atoms with Gasteiger partial charge in [0.25, 0.3) is 5.91 Å². The molecule has 1 amide bonds. The fourth-order valence-electron chi connectivity index (χ4n) is 2.79. The molecule has 1 saturated carbocycles. The second-order valence-corrected chi connectivity index (χ2v) is 6.74. The lowest BCUT2D eigenvalue weighted by atomic mass is 10.1. The monoisotopic (exact) mass is 311 g/mol. The first-order valence-electron chi connectivity index (χ1n) is 7.34. The Hall–Kier alpha value is -1.31. The van der Waals surface area contributed by atoms with Gasteiger partial charge in [0.1, 0.15) is 4.88 Å². The zero-order chi connectivity index (χ0) is 15.1. The van der Waals surface area contributed by atoms with Crippen LogP contribution < -0.4 is 16.0 Å². The number of carbonyl (C=O) groups excluding carboxylic acids is 1. The van der Waals surface area contributed by atoms with Crippen molar-refractivity contribution in [1.82, 2.24) is 5.32 Å². The predicted molar refractivity (Wildman–Crippen MR) is 82.9 cm³/mol. The highest BCUT2D eigenvalue weighted by Crippen LogP contribution is 2.52. The molecule has 2 unspecified atom stereocenters.